The normalized spacial score (nSPS) is 23.4. The molecule has 10 nitrogen and oxygen atoms in total. The van der Waals surface area contributed by atoms with Crippen LogP contribution in [0.2, 0.25) is 0 Å². The molecule has 0 aliphatic carbocycles. The highest BCUT2D eigenvalue weighted by Gasteiger charge is 2.54. The minimum Gasteiger partial charge on any atom is -0.490 e. The number of anilines is 1. The Hall–Kier alpha value is -4.09. The highest BCUT2D eigenvalue weighted by Crippen LogP contribution is 2.53. The monoisotopic (exact) mass is 589 g/mol. The van der Waals surface area contributed by atoms with Gasteiger partial charge in [-0.2, -0.15) is 4.31 Å². The molecule has 218 valence electrons. The van der Waals surface area contributed by atoms with E-state index in [-0.39, 0.29) is 48.9 Å². The highest BCUT2D eigenvalue weighted by molar-refractivity contribution is 7.89. The maximum atomic E-state index is 14.1. The van der Waals surface area contributed by atoms with Crippen LogP contribution < -0.4 is 24.4 Å². The average molecular weight is 590 g/mol. The number of benzene rings is 3. The molecular formula is C31H31N3O7S. The smallest absolute Gasteiger partial charge is 0.243 e. The van der Waals surface area contributed by atoms with Crippen molar-refractivity contribution >= 4 is 27.5 Å². The SMILES string of the molecule is CC(=O)N1CCOc2ccc(S(=O)(=O)N3C[C@@H]4c5cccc6c5OC[C@]4(CNC(=O)CCc4cccc(c4)O6)C3)cc21. The zero-order valence-electron chi connectivity index (χ0n) is 23.2. The van der Waals surface area contributed by atoms with Crippen molar-refractivity contribution in [3.8, 4) is 23.0 Å². The summed E-state index contributed by atoms with van der Waals surface area (Å²) in [5.74, 6) is 1.75. The predicted molar refractivity (Wildman–Crippen MR) is 154 cm³/mol. The van der Waals surface area contributed by atoms with Gasteiger partial charge >= 0.3 is 0 Å². The Kier molecular flexibility index (Phi) is 6.39. The summed E-state index contributed by atoms with van der Waals surface area (Å²) in [6.07, 6.45) is 0.857. The number of hydrogen-bond acceptors (Lipinski definition) is 7. The lowest BCUT2D eigenvalue weighted by Gasteiger charge is -2.40. The number of carbonyl (C=O) groups is 2. The molecule has 42 heavy (non-hydrogen) atoms. The molecule has 1 saturated heterocycles. The van der Waals surface area contributed by atoms with Crippen LogP contribution in [-0.2, 0) is 26.0 Å². The molecule has 1 spiro atoms. The molecule has 1 fully saturated rings. The molecule has 3 aromatic rings. The van der Waals surface area contributed by atoms with Crippen molar-refractivity contribution in [3.63, 3.8) is 0 Å². The van der Waals surface area contributed by atoms with Crippen LogP contribution >= 0.6 is 0 Å². The summed E-state index contributed by atoms with van der Waals surface area (Å²) in [6, 6.07) is 18.0. The second-order valence-corrected chi connectivity index (χ2v) is 13.3. The van der Waals surface area contributed by atoms with Gasteiger partial charge in [0.15, 0.2) is 11.5 Å². The van der Waals surface area contributed by atoms with Crippen molar-refractivity contribution in [1.82, 2.24) is 9.62 Å². The minimum absolute atomic E-state index is 0.0826. The Labute approximate surface area is 244 Å². The van der Waals surface area contributed by atoms with E-state index < -0.39 is 15.4 Å². The Morgan fingerprint density at radius 1 is 1.02 bits per heavy atom. The zero-order valence-corrected chi connectivity index (χ0v) is 24.0. The second kappa shape index (κ2) is 10.0. The van der Waals surface area contributed by atoms with Gasteiger partial charge in [-0.1, -0.05) is 24.3 Å². The fourth-order valence-electron chi connectivity index (χ4n) is 6.52. The fourth-order valence-corrected chi connectivity index (χ4v) is 8.09. The van der Waals surface area contributed by atoms with E-state index in [4.69, 9.17) is 14.2 Å². The third kappa shape index (κ3) is 4.47. The summed E-state index contributed by atoms with van der Waals surface area (Å²) in [6.45, 7) is 2.99. The molecule has 0 saturated carbocycles. The number of fused-ring (bicyclic) bond motifs is 5. The number of rotatable bonds is 2. The van der Waals surface area contributed by atoms with Crippen LogP contribution in [0.3, 0.4) is 0 Å². The van der Waals surface area contributed by atoms with E-state index in [1.165, 1.54) is 28.3 Å². The van der Waals surface area contributed by atoms with Crippen molar-refractivity contribution in [3.05, 3.63) is 71.8 Å². The van der Waals surface area contributed by atoms with Crippen LogP contribution in [0.5, 0.6) is 23.0 Å². The average Bonchev–Trinajstić information content (AvgIpc) is 3.40. The van der Waals surface area contributed by atoms with E-state index in [1.807, 2.05) is 42.5 Å². The molecule has 0 aromatic heterocycles. The highest BCUT2D eigenvalue weighted by atomic mass is 32.2. The van der Waals surface area contributed by atoms with Crippen LogP contribution in [0.25, 0.3) is 0 Å². The Morgan fingerprint density at radius 3 is 2.74 bits per heavy atom. The summed E-state index contributed by atoms with van der Waals surface area (Å²) in [7, 11) is -3.98. The Bertz CT molecular complexity index is 1710. The summed E-state index contributed by atoms with van der Waals surface area (Å²) < 4.78 is 48.1. The van der Waals surface area contributed by atoms with E-state index in [9.17, 15) is 18.0 Å². The predicted octanol–water partition coefficient (Wildman–Crippen LogP) is 3.45. The number of aryl methyl sites for hydroxylation is 1. The van der Waals surface area contributed by atoms with Crippen molar-refractivity contribution in [1.29, 1.82) is 0 Å². The standard InChI is InChI=1S/C31H31N3O7S/c1-20(35)34-12-13-39-27-10-9-23(15-26(27)34)42(37,38)33-16-25-24-6-3-7-28-30(24)40-19-31(25,18-33)17-32-29(36)11-8-21-4-2-5-22(14-21)41-28/h2-7,9-10,14-15,25H,8,11-13,16-19H2,1H3,(H,32,36)/t25-,31+/m1/s1. The van der Waals surface area contributed by atoms with Gasteiger partial charge in [0.1, 0.15) is 18.1 Å². The number of para-hydroxylation sites is 1. The summed E-state index contributed by atoms with van der Waals surface area (Å²) >= 11 is 0. The molecule has 11 heteroatoms. The van der Waals surface area contributed by atoms with E-state index >= 15 is 0 Å². The van der Waals surface area contributed by atoms with Gasteiger partial charge < -0.3 is 24.4 Å². The van der Waals surface area contributed by atoms with Gasteiger partial charge in [-0.05, 0) is 48.4 Å². The quantitative estimate of drug-likeness (QED) is 0.487. The molecule has 4 bridgehead atoms. The number of sulfonamides is 1. The van der Waals surface area contributed by atoms with Gasteiger partial charge in [-0.3, -0.25) is 9.59 Å². The topological polar surface area (TPSA) is 114 Å². The summed E-state index contributed by atoms with van der Waals surface area (Å²) in [5, 5.41) is 3.08. The van der Waals surface area contributed by atoms with E-state index in [0.29, 0.717) is 54.7 Å². The van der Waals surface area contributed by atoms with Crippen molar-refractivity contribution in [2.45, 2.75) is 30.6 Å². The van der Waals surface area contributed by atoms with E-state index in [0.717, 1.165) is 11.1 Å². The van der Waals surface area contributed by atoms with E-state index in [1.54, 1.807) is 6.07 Å². The molecule has 0 unspecified atom stereocenters. The first-order chi connectivity index (χ1) is 20.2. The lowest BCUT2D eigenvalue weighted by molar-refractivity contribution is -0.121. The maximum absolute atomic E-state index is 14.1. The van der Waals surface area contributed by atoms with Gasteiger partial charge in [0, 0.05) is 49.9 Å². The van der Waals surface area contributed by atoms with Crippen LogP contribution in [0, 0.1) is 5.41 Å². The lowest BCUT2D eigenvalue weighted by Crippen LogP contribution is -2.48. The summed E-state index contributed by atoms with van der Waals surface area (Å²) in [4.78, 5) is 26.8. The number of nitrogens with one attached hydrogen (secondary N) is 1. The number of hydrogen-bond donors (Lipinski definition) is 1. The molecule has 2 atom stereocenters. The molecule has 4 aliphatic rings. The molecule has 1 N–H and O–H groups in total. The molecule has 0 radical (unpaired) electrons. The van der Waals surface area contributed by atoms with Gasteiger partial charge in [0.05, 0.1) is 23.7 Å². The molecule has 7 rings (SSSR count). The number of nitrogens with zero attached hydrogens (tertiary/aromatic N) is 2. The van der Waals surface area contributed by atoms with Crippen LogP contribution in [0.1, 0.15) is 30.4 Å². The molecule has 3 aromatic carbocycles. The van der Waals surface area contributed by atoms with Gasteiger partial charge in [0.2, 0.25) is 21.8 Å². The van der Waals surface area contributed by atoms with Crippen LogP contribution in [-0.4, -0.2) is 63.9 Å². The van der Waals surface area contributed by atoms with Gasteiger partial charge in [-0.15, -0.1) is 0 Å². The Balaban J connectivity index is 1.27. The maximum Gasteiger partial charge on any atom is 0.243 e. The second-order valence-electron chi connectivity index (χ2n) is 11.4. The fraction of sp³-hybridized carbons (Fsp3) is 0.355. The van der Waals surface area contributed by atoms with Gasteiger partial charge in [-0.25, -0.2) is 8.42 Å². The first-order valence-corrected chi connectivity index (χ1v) is 15.5. The van der Waals surface area contributed by atoms with Crippen molar-refractivity contribution in [2.24, 2.45) is 5.41 Å². The molecule has 4 aliphatic heterocycles. The van der Waals surface area contributed by atoms with Crippen molar-refractivity contribution < 1.29 is 32.2 Å². The molecular weight excluding hydrogens is 558 g/mol. The number of carbonyl (C=O) groups excluding carboxylic acids is 2. The first-order valence-electron chi connectivity index (χ1n) is 14.1. The summed E-state index contributed by atoms with van der Waals surface area (Å²) in [5.41, 5.74) is 1.59. The number of amides is 2. The lowest BCUT2D eigenvalue weighted by atomic mass is 9.73. The van der Waals surface area contributed by atoms with Crippen LogP contribution in [0.15, 0.2) is 65.6 Å². The largest absolute Gasteiger partial charge is 0.490 e. The van der Waals surface area contributed by atoms with Crippen molar-refractivity contribution in [2.75, 3.05) is 44.3 Å². The van der Waals surface area contributed by atoms with Crippen LogP contribution in [0.4, 0.5) is 5.69 Å². The zero-order chi connectivity index (χ0) is 29.1. The third-order valence-corrected chi connectivity index (χ3v) is 10.5. The first kappa shape index (κ1) is 26.8. The minimum atomic E-state index is -3.98. The third-order valence-electron chi connectivity index (χ3n) is 8.72. The Morgan fingerprint density at radius 2 is 1.88 bits per heavy atom. The molecule has 4 heterocycles. The van der Waals surface area contributed by atoms with Gasteiger partial charge in [0.25, 0.3) is 0 Å². The number of ether oxygens (including phenoxy) is 3. The molecule has 2 amide bonds. The van der Waals surface area contributed by atoms with E-state index in [2.05, 4.69) is 5.32 Å².